The predicted octanol–water partition coefficient (Wildman–Crippen LogP) is 4.70. The van der Waals surface area contributed by atoms with E-state index in [1.807, 2.05) is 24.3 Å². The average Bonchev–Trinajstić information content (AvgIpc) is 2.38. The lowest BCUT2D eigenvalue weighted by atomic mass is 9.87. The minimum atomic E-state index is -0.330. The van der Waals surface area contributed by atoms with Crippen molar-refractivity contribution in [2.75, 3.05) is 5.32 Å². The van der Waals surface area contributed by atoms with Crippen LogP contribution in [0.4, 0.5) is 5.69 Å². The van der Waals surface area contributed by atoms with E-state index >= 15 is 0 Å². The van der Waals surface area contributed by atoms with Crippen molar-refractivity contribution in [2.24, 2.45) is 0 Å². The highest BCUT2D eigenvalue weighted by atomic mass is 79.9. The van der Waals surface area contributed by atoms with Gasteiger partial charge in [-0.15, -0.1) is 0 Å². The summed E-state index contributed by atoms with van der Waals surface area (Å²) < 4.78 is 0.728. The Hall–Kier alpha value is -1.81. The van der Waals surface area contributed by atoms with Crippen LogP contribution in [0.15, 0.2) is 46.9 Å². The Kier molecular flexibility index (Phi) is 4.37. The molecule has 0 radical (unpaired) electrons. The number of hydrogen-bond acceptors (Lipinski definition) is 2. The first-order valence-electron chi connectivity index (χ1n) is 6.68. The van der Waals surface area contributed by atoms with Gasteiger partial charge in [0.05, 0.1) is 5.56 Å². The van der Waals surface area contributed by atoms with E-state index in [-0.39, 0.29) is 22.6 Å². The number of nitrogens with one attached hydrogen (secondary N) is 1. The van der Waals surface area contributed by atoms with Crippen molar-refractivity contribution in [2.45, 2.75) is 26.2 Å². The topological polar surface area (TPSA) is 49.3 Å². The third kappa shape index (κ3) is 3.85. The van der Waals surface area contributed by atoms with Crippen LogP contribution in [-0.2, 0) is 5.41 Å². The zero-order chi connectivity index (χ0) is 15.6. The SMILES string of the molecule is CC(C)(C)c1ccc(NC(=O)c2ccc(Br)cc2O)cc1. The lowest BCUT2D eigenvalue weighted by Gasteiger charge is -2.19. The third-order valence-corrected chi connectivity index (χ3v) is 3.71. The monoisotopic (exact) mass is 347 g/mol. The van der Waals surface area contributed by atoms with Crippen LogP contribution in [0.3, 0.4) is 0 Å². The van der Waals surface area contributed by atoms with Gasteiger partial charge in [0.15, 0.2) is 0 Å². The minimum absolute atomic E-state index is 0.0480. The molecule has 21 heavy (non-hydrogen) atoms. The molecule has 0 aromatic heterocycles. The van der Waals surface area contributed by atoms with E-state index in [0.717, 1.165) is 4.47 Å². The summed E-state index contributed by atoms with van der Waals surface area (Å²) in [7, 11) is 0. The Morgan fingerprint density at radius 1 is 1.10 bits per heavy atom. The van der Waals surface area contributed by atoms with Gasteiger partial charge >= 0.3 is 0 Å². The van der Waals surface area contributed by atoms with Gasteiger partial charge < -0.3 is 10.4 Å². The maximum absolute atomic E-state index is 12.1. The fraction of sp³-hybridized carbons (Fsp3) is 0.235. The van der Waals surface area contributed by atoms with E-state index in [4.69, 9.17) is 0 Å². The zero-order valence-electron chi connectivity index (χ0n) is 12.3. The molecule has 2 aromatic carbocycles. The summed E-state index contributed by atoms with van der Waals surface area (Å²) in [4.78, 5) is 12.1. The molecule has 2 aromatic rings. The van der Waals surface area contributed by atoms with Gasteiger partial charge in [-0.25, -0.2) is 0 Å². The van der Waals surface area contributed by atoms with Gasteiger partial charge in [-0.1, -0.05) is 48.8 Å². The normalized spacial score (nSPS) is 11.2. The van der Waals surface area contributed by atoms with Gasteiger partial charge in [0.1, 0.15) is 5.75 Å². The van der Waals surface area contributed by atoms with Crippen LogP contribution in [0.1, 0.15) is 36.7 Å². The summed E-state index contributed by atoms with van der Waals surface area (Å²) in [6.07, 6.45) is 0. The second-order valence-corrected chi connectivity index (χ2v) is 6.86. The number of aromatic hydroxyl groups is 1. The van der Waals surface area contributed by atoms with Gasteiger partial charge in [-0.2, -0.15) is 0 Å². The number of phenolic OH excluding ortho intramolecular Hbond substituents is 1. The molecule has 110 valence electrons. The van der Waals surface area contributed by atoms with Crippen molar-refractivity contribution in [3.8, 4) is 5.75 Å². The van der Waals surface area contributed by atoms with E-state index in [1.54, 1.807) is 12.1 Å². The van der Waals surface area contributed by atoms with Gasteiger partial charge in [0, 0.05) is 10.2 Å². The van der Waals surface area contributed by atoms with Crippen LogP contribution in [0.25, 0.3) is 0 Å². The first kappa shape index (κ1) is 15.6. The maximum Gasteiger partial charge on any atom is 0.259 e. The van der Waals surface area contributed by atoms with Crippen molar-refractivity contribution in [3.63, 3.8) is 0 Å². The molecule has 1 amide bonds. The molecule has 0 unspecified atom stereocenters. The van der Waals surface area contributed by atoms with Crippen molar-refractivity contribution in [1.82, 2.24) is 0 Å². The summed E-state index contributed by atoms with van der Waals surface area (Å²) in [5, 5.41) is 12.6. The number of rotatable bonds is 2. The number of amides is 1. The number of halogens is 1. The number of hydrogen-bond donors (Lipinski definition) is 2. The Morgan fingerprint density at radius 3 is 2.24 bits per heavy atom. The average molecular weight is 348 g/mol. The standard InChI is InChI=1S/C17H18BrNO2/c1-17(2,3)11-4-7-13(8-5-11)19-16(21)14-9-6-12(18)10-15(14)20/h4-10,20H,1-3H3,(H,19,21). The highest BCUT2D eigenvalue weighted by Crippen LogP contribution is 2.25. The number of carbonyl (C=O) groups is 1. The Morgan fingerprint density at radius 2 is 1.71 bits per heavy atom. The molecule has 0 bridgehead atoms. The van der Waals surface area contributed by atoms with Gasteiger partial charge in [0.2, 0.25) is 0 Å². The first-order valence-corrected chi connectivity index (χ1v) is 7.47. The lowest BCUT2D eigenvalue weighted by Crippen LogP contribution is -2.13. The fourth-order valence-corrected chi connectivity index (χ4v) is 2.30. The van der Waals surface area contributed by atoms with Crippen molar-refractivity contribution < 1.29 is 9.90 Å². The highest BCUT2D eigenvalue weighted by Gasteiger charge is 2.14. The third-order valence-electron chi connectivity index (χ3n) is 3.21. The smallest absolute Gasteiger partial charge is 0.259 e. The Balaban J connectivity index is 2.16. The summed E-state index contributed by atoms with van der Waals surface area (Å²) >= 11 is 3.25. The molecule has 4 heteroatoms. The summed E-state index contributed by atoms with van der Waals surface area (Å²) in [5.74, 6) is -0.378. The molecule has 0 aliphatic rings. The van der Waals surface area contributed by atoms with E-state index in [0.29, 0.717) is 5.69 Å². The quantitative estimate of drug-likeness (QED) is 0.826. The molecule has 2 rings (SSSR count). The molecule has 0 heterocycles. The molecule has 0 saturated heterocycles. The van der Waals surface area contributed by atoms with Gasteiger partial charge in [-0.3, -0.25) is 4.79 Å². The van der Waals surface area contributed by atoms with E-state index in [1.165, 1.54) is 11.6 Å². The highest BCUT2D eigenvalue weighted by molar-refractivity contribution is 9.10. The van der Waals surface area contributed by atoms with Crippen molar-refractivity contribution in [1.29, 1.82) is 0 Å². The summed E-state index contributed by atoms with van der Waals surface area (Å²) in [6.45, 7) is 6.42. The maximum atomic E-state index is 12.1. The number of carbonyl (C=O) groups excluding carboxylic acids is 1. The first-order chi connectivity index (χ1) is 9.77. The predicted molar refractivity (Wildman–Crippen MR) is 88.9 cm³/mol. The second kappa shape index (κ2) is 5.90. The molecule has 0 aliphatic heterocycles. The summed E-state index contributed by atoms with van der Waals surface area (Å²) in [6, 6.07) is 12.5. The van der Waals surface area contributed by atoms with Gasteiger partial charge in [0.25, 0.3) is 5.91 Å². The molecular formula is C17H18BrNO2. The fourth-order valence-electron chi connectivity index (χ4n) is 1.95. The van der Waals surface area contributed by atoms with E-state index in [2.05, 4.69) is 42.0 Å². The van der Waals surface area contributed by atoms with Crippen LogP contribution in [0.5, 0.6) is 5.75 Å². The van der Waals surface area contributed by atoms with Gasteiger partial charge in [-0.05, 0) is 41.3 Å². The molecule has 0 aliphatic carbocycles. The van der Waals surface area contributed by atoms with Crippen LogP contribution >= 0.6 is 15.9 Å². The lowest BCUT2D eigenvalue weighted by molar-refractivity contribution is 0.102. The zero-order valence-corrected chi connectivity index (χ0v) is 13.9. The molecule has 0 atom stereocenters. The summed E-state index contributed by atoms with van der Waals surface area (Å²) in [5.41, 5.74) is 2.23. The Bertz CT molecular complexity index is 657. The van der Waals surface area contributed by atoms with Crippen molar-refractivity contribution in [3.05, 3.63) is 58.1 Å². The molecule has 0 saturated carbocycles. The van der Waals surface area contributed by atoms with Crippen LogP contribution < -0.4 is 5.32 Å². The minimum Gasteiger partial charge on any atom is -0.507 e. The molecule has 3 nitrogen and oxygen atoms in total. The van der Waals surface area contributed by atoms with E-state index < -0.39 is 0 Å². The molecule has 0 spiro atoms. The Labute approximate surface area is 133 Å². The number of phenols is 1. The molecule has 2 N–H and O–H groups in total. The molecule has 0 fully saturated rings. The van der Waals surface area contributed by atoms with Crippen molar-refractivity contribution >= 4 is 27.5 Å². The molecular weight excluding hydrogens is 330 g/mol. The number of benzene rings is 2. The van der Waals surface area contributed by atoms with E-state index in [9.17, 15) is 9.90 Å². The largest absolute Gasteiger partial charge is 0.507 e. The van der Waals surface area contributed by atoms with Crippen LogP contribution in [-0.4, -0.2) is 11.0 Å². The second-order valence-electron chi connectivity index (χ2n) is 5.94. The van der Waals surface area contributed by atoms with Crippen LogP contribution in [0.2, 0.25) is 0 Å². The van der Waals surface area contributed by atoms with Crippen LogP contribution in [0, 0.1) is 0 Å². The number of anilines is 1.